The van der Waals surface area contributed by atoms with E-state index >= 15 is 0 Å². The average molecular weight is 574 g/mol. The molecule has 5 rings (SSSR count). The van der Waals surface area contributed by atoms with Crippen molar-refractivity contribution < 1.29 is 19.1 Å². The molecule has 0 saturated carbocycles. The molecule has 0 bridgehead atoms. The molecular formula is C30H24ClN3O5S. The molecule has 1 aliphatic heterocycles. The Kier molecular flexibility index (Phi) is 7.68. The minimum absolute atomic E-state index is 0.279. The highest BCUT2D eigenvalue weighted by Gasteiger charge is 2.32. The summed E-state index contributed by atoms with van der Waals surface area (Å²) in [5.41, 5.74) is 2.58. The van der Waals surface area contributed by atoms with E-state index in [9.17, 15) is 14.4 Å². The first kappa shape index (κ1) is 27.1. The van der Waals surface area contributed by atoms with Crippen LogP contribution in [0.4, 0.5) is 5.69 Å². The summed E-state index contributed by atoms with van der Waals surface area (Å²) in [5, 5.41) is 3.47. The molecule has 40 heavy (non-hydrogen) atoms. The van der Waals surface area contributed by atoms with Crippen molar-refractivity contribution in [1.82, 2.24) is 4.57 Å². The molecule has 1 aliphatic rings. The number of methoxy groups -OCH3 is 1. The highest BCUT2D eigenvalue weighted by molar-refractivity contribution is 7.07. The molecule has 0 unspecified atom stereocenters. The van der Waals surface area contributed by atoms with E-state index in [2.05, 4.69) is 10.3 Å². The lowest BCUT2D eigenvalue weighted by Gasteiger charge is -2.25. The fourth-order valence-electron chi connectivity index (χ4n) is 4.46. The van der Waals surface area contributed by atoms with Crippen LogP contribution >= 0.6 is 22.9 Å². The number of carbonyl (C=O) groups excluding carboxylic acids is 2. The molecule has 0 spiro atoms. The number of carbonyl (C=O) groups is 2. The summed E-state index contributed by atoms with van der Waals surface area (Å²) >= 11 is 7.37. The number of nitrogens with one attached hydrogen (secondary N) is 1. The summed E-state index contributed by atoms with van der Waals surface area (Å²) in [5.74, 6) is -0.191. The quantitative estimate of drug-likeness (QED) is 0.271. The Labute approximate surface area is 238 Å². The monoisotopic (exact) mass is 573 g/mol. The van der Waals surface area contributed by atoms with Crippen LogP contribution in [0.5, 0.6) is 11.5 Å². The predicted octanol–water partition coefficient (Wildman–Crippen LogP) is 4.46. The van der Waals surface area contributed by atoms with Crippen LogP contribution in [0.2, 0.25) is 5.02 Å². The van der Waals surface area contributed by atoms with Gasteiger partial charge in [-0.2, -0.15) is 0 Å². The molecule has 10 heteroatoms. The van der Waals surface area contributed by atoms with E-state index in [0.29, 0.717) is 42.6 Å². The zero-order valence-electron chi connectivity index (χ0n) is 21.8. The molecule has 0 aliphatic carbocycles. The van der Waals surface area contributed by atoms with Crippen molar-refractivity contribution in [1.29, 1.82) is 0 Å². The number of para-hydroxylation sites is 1. The van der Waals surface area contributed by atoms with Gasteiger partial charge < -0.3 is 14.8 Å². The molecule has 2 heterocycles. The molecule has 0 fully saturated rings. The zero-order valence-corrected chi connectivity index (χ0v) is 23.4. The van der Waals surface area contributed by atoms with Gasteiger partial charge in [0.05, 0.1) is 29.0 Å². The number of hydrogen-bond acceptors (Lipinski definition) is 7. The van der Waals surface area contributed by atoms with Crippen LogP contribution in [0.15, 0.2) is 93.9 Å². The van der Waals surface area contributed by atoms with Crippen molar-refractivity contribution >= 4 is 46.6 Å². The van der Waals surface area contributed by atoms with Crippen molar-refractivity contribution in [3.05, 3.63) is 120 Å². The van der Waals surface area contributed by atoms with Gasteiger partial charge in [-0.15, -0.1) is 0 Å². The summed E-state index contributed by atoms with van der Waals surface area (Å²) in [4.78, 5) is 44.0. The molecule has 202 valence electrons. The molecule has 1 N–H and O–H groups in total. The number of amides is 1. The van der Waals surface area contributed by atoms with Crippen molar-refractivity contribution in [3.63, 3.8) is 0 Å². The molecule has 8 nitrogen and oxygen atoms in total. The van der Waals surface area contributed by atoms with Gasteiger partial charge in [0.1, 0.15) is 0 Å². The summed E-state index contributed by atoms with van der Waals surface area (Å²) in [6, 6.07) is 20.5. The number of thiazole rings is 1. The van der Waals surface area contributed by atoms with E-state index in [1.165, 1.54) is 29.9 Å². The number of nitrogens with zero attached hydrogens (tertiary/aromatic N) is 2. The van der Waals surface area contributed by atoms with Gasteiger partial charge in [0.25, 0.3) is 11.5 Å². The fraction of sp³-hybridized carbons (Fsp3) is 0.133. The van der Waals surface area contributed by atoms with Gasteiger partial charge in [0.15, 0.2) is 16.3 Å². The number of aromatic nitrogens is 1. The number of halogens is 1. The Hall–Kier alpha value is -4.47. The third-order valence-electron chi connectivity index (χ3n) is 6.22. The molecule has 0 radical (unpaired) electrons. The second-order valence-electron chi connectivity index (χ2n) is 8.96. The number of ether oxygens (including phenoxy) is 2. The summed E-state index contributed by atoms with van der Waals surface area (Å²) in [6.45, 7) is 3.07. The maximum atomic E-state index is 13.9. The third kappa shape index (κ3) is 5.47. The zero-order chi connectivity index (χ0) is 28.4. The van der Waals surface area contributed by atoms with Gasteiger partial charge in [-0.25, -0.2) is 4.99 Å². The first-order chi connectivity index (χ1) is 19.2. The summed E-state index contributed by atoms with van der Waals surface area (Å²) in [7, 11) is 1.47. The number of fused-ring (bicyclic) bond motifs is 1. The Balaban J connectivity index is 1.63. The van der Waals surface area contributed by atoms with Crippen molar-refractivity contribution in [3.8, 4) is 11.5 Å². The van der Waals surface area contributed by atoms with Crippen LogP contribution in [0, 0.1) is 0 Å². The SMILES string of the molecule is COc1cc(/C=c2\sc3n(c2=O)[C@@H](c2ccc(Cl)cc2)C(C(=O)Nc2ccccc2)=C(C)N=3)ccc1OC(C)=O. The van der Waals surface area contributed by atoms with Crippen LogP contribution in [-0.2, 0) is 9.59 Å². The van der Waals surface area contributed by atoms with Gasteiger partial charge in [-0.05, 0) is 60.5 Å². The van der Waals surface area contributed by atoms with Crippen molar-refractivity contribution in [2.75, 3.05) is 12.4 Å². The van der Waals surface area contributed by atoms with Gasteiger partial charge in [-0.1, -0.05) is 59.3 Å². The lowest BCUT2D eigenvalue weighted by Crippen LogP contribution is -2.40. The van der Waals surface area contributed by atoms with E-state index in [0.717, 1.165) is 5.56 Å². The minimum atomic E-state index is -0.722. The van der Waals surface area contributed by atoms with Gasteiger partial charge in [0, 0.05) is 17.6 Å². The molecule has 1 aromatic heterocycles. The maximum Gasteiger partial charge on any atom is 0.308 e. The molecular weight excluding hydrogens is 550 g/mol. The highest BCUT2D eigenvalue weighted by Crippen LogP contribution is 2.32. The molecule has 1 amide bonds. The molecule has 0 saturated heterocycles. The average Bonchev–Trinajstić information content (AvgIpc) is 3.23. The second kappa shape index (κ2) is 11.3. The Bertz CT molecular complexity index is 1830. The fourth-order valence-corrected chi connectivity index (χ4v) is 5.63. The first-order valence-corrected chi connectivity index (χ1v) is 13.5. The number of benzene rings is 3. The van der Waals surface area contributed by atoms with Gasteiger partial charge in [-0.3, -0.25) is 19.0 Å². The lowest BCUT2D eigenvalue weighted by molar-refractivity contribution is -0.132. The topological polar surface area (TPSA) is 99.0 Å². The number of hydrogen-bond donors (Lipinski definition) is 1. The Morgan fingerprint density at radius 2 is 1.77 bits per heavy atom. The van der Waals surface area contributed by atoms with E-state index in [1.807, 2.05) is 18.2 Å². The maximum absolute atomic E-state index is 13.9. The van der Waals surface area contributed by atoms with Crippen molar-refractivity contribution in [2.45, 2.75) is 19.9 Å². The summed E-state index contributed by atoms with van der Waals surface area (Å²) in [6.07, 6.45) is 1.71. The predicted molar refractivity (Wildman–Crippen MR) is 155 cm³/mol. The van der Waals surface area contributed by atoms with E-state index in [1.54, 1.807) is 67.6 Å². The highest BCUT2D eigenvalue weighted by atomic mass is 35.5. The molecule has 1 atom stereocenters. The van der Waals surface area contributed by atoms with E-state index in [-0.39, 0.29) is 17.2 Å². The standard InChI is InChI=1S/C30H24ClN3O5S/c1-17-26(28(36)33-22-7-5-4-6-8-22)27(20-10-12-21(31)13-11-20)34-29(37)25(40-30(34)32-17)16-19-9-14-23(39-18(2)35)24(15-19)38-3/h4-16,27H,1-3H3,(H,33,36)/b25-16-/t27-/m0/s1. The Morgan fingerprint density at radius 1 is 1.05 bits per heavy atom. The lowest BCUT2D eigenvalue weighted by atomic mass is 9.95. The van der Waals surface area contributed by atoms with Crippen LogP contribution < -0.4 is 29.7 Å². The van der Waals surface area contributed by atoms with Crippen LogP contribution in [0.25, 0.3) is 6.08 Å². The molecule has 3 aromatic carbocycles. The van der Waals surface area contributed by atoms with Crippen molar-refractivity contribution in [2.24, 2.45) is 4.99 Å². The molecule has 4 aromatic rings. The van der Waals surface area contributed by atoms with E-state index < -0.39 is 12.0 Å². The van der Waals surface area contributed by atoms with Gasteiger partial charge in [0.2, 0.25) is 0 Å². The largest absolute Gasteiger partial charge is 0.493 e. The van der Waals surface area contributed by atoms with Gasteiger partial charge >= 0.3 is 5.97 Å². The normalized spacial score (nSPS) is 14.8. The van der Waals surface area contributed by atoms with Crippen LogP contribution in [0.1, 0.15) is 31.0 Å². The number of esters is 1. The number of rotatable bonds is 6. The van der Waals surface area contributed by atoms with E-state index in [4.69, 9.17) is 21.1 Å². The summed E-state index contributed by atoms with van der Waals surface area (Å²) < 4.78 is 12.5. The minimum Gasteiger partial charge on any atom is -0.493 e. The Morgan fingerprint density at radius 3 is 2.45 bits per heavy atom. The third-order valence-corrected chi connectivity index (χ3v) is 7.46. The smallest absolute Gasteiger partial charge is 0.308 e. The number of allylic oxidation sites excluding steroid dienone is 1. The number of anilines is 1. The second-order valence-corrected chi connectivity index (χ2v) is 10.4. The van der Waals surface area contributed by atoms with Crippen LogP contribution in [-0.4, -0.2) is 23.6 Å². The first-order valence-electron chi connectivity index (χ1n) is 12.3. The van der Waals surface area contributed by atoms with Crippen LogP contribution in [0.3, 0.4) is 0 Å².